The molecule has 0 aliphatic heterocycles. The minimum atomic E-state index is -1.19. The average molecular weight is 379 g/mol. The molecule has 0 aliphatic carbocycles. The van der Waals surface area contributed by atoms with Crippen molar-refractivity contribution >= 4 is 17.6 Å². The predicted octanol–water partition coefficient (Wildman–Crippen LogP) is 3.09. The molecule has 1 atom stereocenters. The smallest absolute Gasteiger partial charge is 0.311 e. The van der Waals surface area contributed by atoms with Crippen molar-refractivity contribution in [3.63, 3.8) is 0 Å². The highest BCUT2D eigenvalue weighted by atomic mass is 19.1. The molecule has 0 aliphatic rings. The van der Waals surface area contributed by atoms with Crippen LogP contribution < -0.4 is 14.8 Å². The van der Waals surface area contributed by atoms with E-state index in [1.807, 2.05) is 0 Å². The molecule has 0 heterocycles. The van der Waals surface area contributed by atoms with Crippen molar-refractivity contribution in [3.8, 4) is 11.5 Å². The maximum atomic E-state index is 13.6. The number of halogens is 2. The van der Waals surface area contributed by atoms with Gasteiger partial charge in [-0.1, -0.05) is 6.07 Å². The lowest BCUT2D eigenvalue weighted by molar-refractivity contribution is -0.152. The van der Waals surface area contributed by atoms with Gasteiger partial charge >= 0.3 is 5.97 Å². The normalized spacial score (nSPS) is 11.4. The van der Waals surface area contributed by atoms with E-state index < -0.39 is 29.6 Å². The summed E-state index contributed by atoms with van der Waals surface area (Å²) in [6, 6.07) is 7.58. The molecular formula is C19H19F2NO5. The fourth-order valence-corrected chi connectivity index (χ4v) is 2.28. The van der Waals surface area contributed by atoms with E-state index in [4.69, 9.17) is 14.2 Å². The van der Waals surface area contributed by atoms with Crippen molar-refractivity contribution in [2.75, 3.05) is 19.5 Å². The molecule has 144 valence electrons. The van der Waals surface area contributed by atoms with E-state index in [1.165, 1.54) is 21.1 Å². The molecule has 1 N–H and O–H groups in total. The SMILES string of the molecule is COc1ccc(CC(=O)OC(C)C(=O)Nc2cc(F)ccc2F)cc1OC. The van der Waals surface area contributed by atoms with Gasteiger partial charge in [-0.3, -0.25) is 9.59 Å². The van der Waals surface area contributed by atoms with E-state index >= 15 is 0 Å². The van der Waals surface area contributed by atoms with Crippen LogP contribution >= 0.6 is 0 Å². The monoisotopic (exact) mass is 379 g/mol. The third kappa shape index (κ3) is 5.40. The van der Waals surface area contributed by atoms with Crippen LogP contribution in [0.2, 0.25) is 0 Å². The van der Waals surface area contributed by atoms with Crippen LogP contribution in [0.4, 0.5) is 14.5 Å². The molecule has 6 nitrogen and oxygen atoms in total. The van der Waals surface area contributed by atoms with Crippen LogP contribution in [0, 0.1) is 11.6 Å². The number of rotatable bonds is 7. The summed E-state index contributed by atoms with van der Waals surface area (Å²) in [7, 11) is 2.96. The fourth-order valence-electron chi connectivity index (χ4n) is 2.28. The number of carbonyl (C=O) groups is 2. The van der Waals surface area contributed by atoms with Gasteiger partial charge in [0.15, 0.2) is 17.6 Å². The minimum Gasteiger partial charge on any atom is -0.493 e. The van der Waals surface area contributed by atoms with Crippen molar-refractivity contribution in [2.24, 2.45) is 0 Å². The first-order valence-corrected chi connectivity index (χ1v) is 8.00. The third-order valence-electron chi connectivity index (χ3n) is 3.66. The Morgan fingerprint density at radius 3 is 2.41 bits per heavy atom. The number of hydrogen-bond donors (Lipinski definition) is 1. The highest BCUT2D eigenvalue weighted by Gasteiger charge is 2.20. The number of anilines is 1. The summed E-state index contributed by atoms with van der Waals surface area (Å²) in [5.41, 5.74) is 0.268. The fraction of sp³-hybridized carbons (Fsp3) is 0.263. The Hall–Kier alpha value is -3.16. The Kier molecular flexibility index (Phi) is 6.70. The zero-order valence-corrected chi connectivity index (χ0v) is 15.0. The highest BCUT2D eigenvalue weighted by molar-refractivity contribution is 5.95. The van der Waals surface area contributed by atoms with Crippen molar-refractivity contribution in [1.82, 2.24) is 0 Å². The molecule has 1 amide bonds. The van der Waals surface area contributed by atoms with E-state index in [2.05, 4.69) is 5.32 Å². The zero-order chi connectivity index (χ0) is 20.0. The lowest BCUT2D eigenvalue weighted by Gasteiger charge is -2.14. The second-order valence-corrected chi connectivity index (χ2v) is 5.61. The maximum absolute atomic E-state index is 13.6. The number of nitrogens with one attached hydrogen (secondary N) is 1. The standard InChI is InChI=1S/C19H19F2NO5/c1-11(19(24)22-15-10-13(20)5-6-14(15)21)27-18(23)9-12-4-7-16(25-2)17(8-12)26-3/h4-8,10-11H,9H2,1-3H3,(H,22,24). The van der Waals surface area contributed by atoms with Crippen LogP contribution in [0.3, 0.4) is 0 Å². The van der Waals surface area contributed by atoms with Crippen molar-refractivity contribution < 1.29 is 32.6 Å². The summed E-state index contributed by atoms with van der Waals surface area (Å²) in [5, 5.41) is 2.19. The largest absolute Gasteiger partial charge is 0.493 e. The van der Waals surface area contributed by atoms with E-state index in [0.717, 1.165) is 18.2 Å². The van der Waals surface area contributed by atoms with Crippen LogP contribution in [-0.2, 0) is 20.7 Å². The maximum Gasteiger partial charge on any atom is 0.311 e. The number of ether oxygens (including phenoxy) is 3. The van der Waals surface area contributed by atoms with Gasteiger partial charge in [0.1, 0.15) is 11.6 Å². The summed E-state index contributed by atoms with van der Waals surface area (Å²) in [6.45, 7) is 1.33. The summed E-state index contributed by atoms with van der Waals surface area (Å²) < 4.78 is 42.0. The summed E-state index contributed by atoms with van der Waals surface area (Å²) >= 11 is 0. The van der Waals surface area contributed by atoms with Gasteiger partial charge in [0.05, 0.1) is 26.3 Å². The molecule has 1 unspecified atom stereocenters. The Labute approximate surface area is 155 Å². The predicted molar refractivity (Wildman–Crippen MR) is 93.8 cm³/mol. The number of benzene rings is 2. The van der Waals surface area contributed by atoms with Crippen LogP contribution in [0.15, 0.2) is 36.4 Å². The van der Waals surface area contributed by atoms with Gasteiger partial charge in [0, 0.05) is 6.07 Å². The number of carbonyl (C=O) groups excluding carboxylic acids is 2. The lowest BCUT2D eigenvalue weighted by Crippen LogP contribution is -2.30. The first kappa shape index (κ1) is 20.2. The zero-order valence-electron chi connectivity index (χ0n) is 15.0. The Morgan fingerprint density at radius 2 is 1.74 bits per heavy atom. The Morgan fingerprint density at radius 1 is 1.04 bits per heavy atom. The lowest BCUT2D eigenvalue weighted by atomic mass is 10.1. The summed E-state index contributed by atoms with van der Waals surface area (Å²) in [5.74, 6) is -1.97. The second-order valence-electron chi connectivity index (χ2n) is 5.61. The number of methoxy groups -OCH3 is 2. The van der Waals surface area contributed by atoms with Gasteiger partial charge in [-0.25, -0.2) is 8.78 Å². The summed E-state index contributed by atoms with van der Waals surface area (Å²) in [6.07, 6.45) is -1.30. The van der Waals surface area contributed by atoms with Gasteiger partial charge < -0.3 is 19.5 Å². The molecule has 8 heteroatoms. The van der Waals surface area contributed by atoms with Crippen LogP contribution in [-0.4, -0.2) is 32.2 Å². The molecule has 2 aromatic rings. The van der Waals surface area contributed by atoms with E-state index in [0.29, 0.717) is 17.1 Å². The quantitative estimate of drug-likeness (QED) is 0.749. The topological polar surface area (TPSA) is 73.9 Å². The highest BCUT2D eigenvalue weighted by Crippen LogP contribution is 2.27. The van der Waals surface area contributed by atoms with Crippen LogP contribution in [0.25, 0.3) is 0 Å². The van der Waals surface area contributed by atoms with Crippen LogP contribution in [0.1, 0.15) is 12.5 Å². The van der Waals surface area contributed by atoms with Gasteiger partial charge in [-0.15, -0.1) is 0 Å². The summed E-state index contributed by atoms with van der Waals surface area (Å²) in [4.78, 5) is 24.1. The second kappa shape index (κ2) is 8.98. The molecule has 0 bridgehead atoms. The van der Waals surface area contributed by atoms with Crippen molar-refractivity contribution in [1.29, 1.82) is 0 Å². The molecule has 2 rings (SSSR count). The minimum absolute atomic E-state index is 0.105. The molecule has 0 radical (unpaired) electrons. The van der Waals surface area contributed by atoms with Gasteiger partial charge in [0.25, 0.3) is 5.91 Å². The molecule has 27 heavy (non-hydrogen) atoms. The molecule has 2 aromatic carbocycles. The first-order chi connectivity index (χ1) is 12.8. The Bertz CT molecular complexity index is 841. The molecule has 0 aromatic heterocycles. The third-order valence-corrected chi connectivity index (χ3v) is 3.66. The Balaban J connectivity index is 1.96. The van der Waals surface area contributed by atoms with Crippen molar-refractivity contribution in [3.05, 3.63) is 53.6 Å². The van der Waals surface area contributed by atoms with Gasteiger partial charge in [-0.05, 0) is 36.8 Å². The molecule has 0 fully saturated rings. The number of amides is 1. The molecule has 0 saturated carbocycles. The number of hydrogen-bond acceptors (Lipinski definition) is 5. The van der Waals surface area contributed by atoms with E-state index in [9.17, 15) is 18.4 Å². The molecule has 0 saturated heterocycles. The molecular weight excluding hydrogens is 360 g/mol. The first-order valence-electron chi connectivity index (χ1n) is 8.00. The van der Waals surface area contributed by atoms with E-state index in [-0.39, 0.29) is 12.1 Å². The van der Waals surface area contributed by atoms with Gasteiger partial charge in [-0.2, -0.15) is 0 Å². The van der Waals surface area contributed by atoms with Crippen LogP contribution in [0.5, 0.6) is 11.5 Å². The van der Waals surface area contributed by atoms with Crippen molar-refractivity contribution in [2.45, 2.75) is 19.4 Å². The van der Waals surface area contributed by atoms with E-state index in [1.54, 1.807) is 18.2 Å². The number of esters is 1. The van der Waals surface area contributed by atoms with Gasteiger partial charge in [0.2, 0.25) is 0 Å². The molecule has 0 spiro atoms. The average Bonchev–Trinajstić information content (AvgIpc) is 2.64.